The molecule has 0 aliphatic carbocycles. The van der Waals surface area contributed by atoms with Crippen molar-refractivity contribution in [2.75, 3.05) is 28.4 Å². The molecule has 0 radical (unpaired) electrons. The maximum atomic E-state index is 5.75. The summed E-state index contributed by atoms with van der Waals surface area (Å²) in [5, 5.41) is 4.11. The first-order chi connectivity index (χ1) is 13.7. The third-order valence-electron chi connectivity index (χ3n) is 5.07. The highest BCUT2D eigenvalue weighted by molar-refractivity contribution is 6.12. The SMILES string of the molecule is COc1cc(OC)c2c(-c3cccc4ccccc34)ccc(OC)c2c1OC. The molecule has 4 nitrogen and oxygen atoms in total. The van der Waals surface area contributed by atoms with Gasteiger partial charge in [-0.2, -0.15) is 0 Å². The Labute approximate surface area is 164 Å². The highest BCUT2D eigenvalue weighted by Gasteiger charge is 2.22. The van der Waals surface area contributed by atoms with E-state index < -0.39 is 0 Å². The smallest absolute Gasteiger partial charge is 0.172 e. The average molecular weight is 374 g/mol. The first-order valence-electron chi connectivity index (χ1n) is 9.01. The van der Waals surface area contributed by atoms with Crippen LogP contribution in [0.5, 0.6) is 23.0 Å². The van der Waals surface area contributed by atoms with Crippen LogP contribution in [-0.2, 0) is 0 Å². The lowest BCUT2D eigenvalue weighted by molar-refractivity contribution is 0.351. The van der Waals surface area contributed by atoms with Gasteiger partial charge in [-0.1, -0.05) is 42.5 Å². The molecule has 0 aromatic heterocycles. The fourth-order valence-electron chi connectivity index (χ4n) is 3.81. The summed E-state index contributed by atoms with van der Waals surface area (Å²) in [5.74, 6) is 2.62. The molecule has 0 amide bonds. The Morgan fingerprint density at radius 2 is 1.25 bits per heavy atom. The molecular formula is C24H22O4. The Balaban J connectivity index is 2.19. The first-order valence-corrected chi connectivity index (χ1v) is 9.01. The van der Waals surface area contributed by atoms with Crippen molar-refractivity contribution in [1.82, 2.24) is 0 Å². The molecule has 4 heteroatoms. The van der Waals surface area contributed by atoms with Crippen LogP contribution >= 0.6 is 0 Å². The van der Waals surface area contributed by atoms with E-state index in [2.05, 4.69) is 42.5 Å². The molecule has 0 N–H and O–H groups in total. The number of methoxy groups -OCH3 is 4. The van der Waals surface area contributed by atoms with Crippen LogP contribution in [-0.4, -0.2) is 28.4 Å². The number of benzene rings is 4. The molecule has 4 rings (SSSR count). The summed E-state index contributed by atoms with van der Waals surface area (Å²) in [4.78, 5) is 0. The average Bonchev–Trinajstić information content (AvgIpc) is 2.76. The molecule has 0 atom stereocenters. The van der Waals surface area contributed by atoms with Crippen molar-refractivity contribution < 1.29 is 18.9 Å². The minimum Gasteiger partial charge on any atom is -0.496 e. The summed E-state index contributed by atoms with van der Waals surface area (Å²) in [6.45, 7) is 0. The number of hydrogen-bond donors (Lipinski definition) is 0. The summed E-state index contributed by atoms with van der Waals surface area (Å²) in [5.41, 5.74) is 2.17. The van der Waals surface area contributed by atoms with Gasteiger partial charge < -0.3 is 18.9 Å². The van der Waals surface area contributed by atoms with E-state index in [1.807, 2.05) is 18.2 Å². The second kappa shape index (κ2) is 7.31. The Hall–Kier alpha value is -3.40. The number of ether oxygens (including phenoxy) is 4. The zero-order valence-electron chi connectivity index (χ0n) is 16.4. The van der Waals surface area contributed by atoms with Gasteiger partial charge in [-0.15, -0.1) is 0 Å². The van der Waals surface area contributed by atoms with Crippen LogP contribution in [0.3, 0.4) is 0 Å². The van der Waals surface area contributed by atoms with E-state index in [9.17, 15) is 0 Å². The fourth-order valence-corrected chi connectivity index (χ4v) is 3.81. The predicted molar refractivity (Wildman–Crippen MR) is 113 cm³/mol. The Morgan fingerprint density at radius 1 is 0.536 bits per heavy atom. The van der Waals surface area contributed by atoms with Crippen molar-refractivity contribution in [2.45, 2.75) is 0 Å². The molecule has 0 unspecified atom stereocenters. The molecule has 0 spiro atoms. The van der Waals surface area contributed by atoms with Gasteiger partial charge in [-0.05, 0) is 34.0 Å². The van der Waals surface area contributed by atoms with Gasteiger partial charge in [0, 0.05) is 11.5 Å². The lowest BCUT2D eigenvalue weighted by Crippen LogP contribution is -1.98. The molecule has 28 heavy (non-hydrogen) atoms. The van der Waals surface area contributed by atoms with Gasteiger partial charge in [0.1, 0.15) is 11.5 Å². The Kier molecular flexibility index (Phi) is 4.70. The number of fused-ring (bicyclic) bond motifs is 2. The molecule has 0 saturated carbocycles. The van der Waals surface area contributed by atoms with Crippen molar-refractivity contribution >= 4 is 21.5 Å². The van der Waals surface area contributed by atoms with Crippen LogP contribution in [0.2, 0.25) is 0 Å². The van der Waals surface area contributed by atoms with E-state index in [0.717, 1.165) is 21.9 Å². The number of rotatable bonds is 5. The van der Waals surface area contributed by atoms with E-state index in [1.165, 1.54) is 10.8 Å². The number of hydrogen-bond acceptors (Lipinski definition) is 4. The quantitative estimate of drug-likeness (QED) is 0.449. The summed E-state index contributed by atoms with van der Waals surface area (Å²) in [7, 11) is 6.56. The third kappa shape index (κ3) is 2.69. The Bertz CT molecular complexity index is 1160. The molecule has 0 fully saturated rings. The highest BCUT2D eigenvalue weighted by atomic mass is 16.5. The van der Waals surface area contributed by atoms with Crippen molar-refractivity contribution in [3.63, 3.8) is 0 Å². The standard InChI is InChI=1S/C24H22O4/c1-25-19-13-12-18(17-11-7-9-15-8-5-6-10-16(15)17)22-20(26-2)14-21(27-3)24(28-4)23(19)22/h5-14H,1-4H3. The van der Waals surface area contributed by atoms with Crippen LogP contribution in [0, 0.1) is 0 Å². The van der Waals surface area contributed by atoms with Crippen LogP contribution < -0.4 is 18.9 Å². The van der Waals surface area contributed by atoms with E-state index in [0.29, 0.717) is 23.0 Å². The zero-order chi connectivity index (χ0) is 19.7. The van der Waals surface area contributed by atoms with Crippen molar-refractivity contribution in [2.24, 2.45) is 0 Å². The first kappa shape index (κ1) is 18.0. The lowest BCUT2D eigenvalue weighted by Gasteiger charge is -2.19. The molecule has 0 bridgehead atoms. The zero-order valence-corrected chi connectivity index (χ0v) is 16.4. The normalized spacial score (nSPS) is 10.9. The molecule has 0 saturated heterocycles. The second-order valence-corrected chi connectivity index (χ2v) is 6.41. The summed E-state index contributed by atoms with van der Waals surface area (Å²) in [6.07, 6.45) is 0. The minimum absolute atomic E-state index is 0.597. The maximum Gasteiger partial charge on any atom is 0.172 e. The summed E-state index contributed by atoms with van der Waals surface area (Å²) < 4.78 is 22.7. The van der Waals surface area contributed by atoms with E-state index in [4.69, 9.17) is 18.9 Å². The largest absolute Gasteiger partial charge is 0.496 e. The van der Waals surface area contributed by atoms with Gasteiger partial charge in [-0.3, -0.25) is 0 Å². The van der Waals surface area contributed by atoms with E-state index in [-0.39, 0.29) is 0 Å². The van der Waals surface area contributed by atoms with Gasteiger partial charge in [-0.25, -0.2) is 0 Å². The van der Waals surface area contributed by atoms with Crippen LogP contribution in [0.15, 0.2) is 60.7 Å². The van der Waals surface area contributed by atoms with Crippen molar-refractivity contribution in [3.05, 3.63) is 60.7 Å². The molecular weight excluding hydrogens is 352 g/mol. The van der Waals surface area contributed by atoms with Gasteiger partial charge in [0.25, 0.3) is 0 Å². The molecule has 4 aromatic rings. The van der Waals surface area contributed by atoms with E-state index >= 15 is 0 Å². The molecule has 0 heterocycles. The second-order valence-electron chi connectivity index (χ2n) is 6.41. The van der Waals surface area contributed by atoms with Crippen LogP contribution in [0.4, 0.5) is 0 Å². The van der Waals surface area contributed by atoms with Crippen LogP contribution in [0.25, 0.3) is 32.7 Å². The summed E-state index contributed by atoms with van der Waals surface area (Å²) >= 11 is 0. The maximum absolute atomic E-state index is 5.75. The molecule has 0 aliphatic heterocycles. The summed E-state index contributed by atoms with van der Waals surface area (Å²) in [6, 6.07) is 20.5. The molecule has 0 aliphatic rings. The minimum atomic E-state index is 0.597. The van der Waals surface area contributed by atoms with Gasteiger partial charge in [0.05, 0.1) is 33.8 Å². The van der Waals surface area contributed by atoms with Crippen molar-refractivity contribution in [3.8, 4) is 34.1 Å². The van der Waals surface area contributed by atoms with E-state index in [1.54, 1.807) is 28.4 Å². The van der Waals surface area contributed by atoms with Crippen molar-refractivity contribution in [1.29, 1.82) is 0 Å². The molecule has 4 aromatic carbocycles. The molecule has 142 valence electrons. The Morgan fingerprint density at radius 3 is 1.96 bits per heavy atom. The highest BCUT2D eigenvalue weighted by Crippen LogP contribution is 2.49. The van der Waals surface area contributed by atoms with Gasteiger partial charge in [0.2, 0.25) is 0 Å². The van der Waals surface area contributed by atoms with Gasteiger partial charge in [0.15, 0.2) is 11.5 Å². The van der Waals surface area contributed by atoms with Crippen LogP contribution in [0.1, 0.15) is 0 Å². The third-order valence-corrected chi connectivity index (χ3v) is 5.07. The fraction of sp³-hybridized carbons (Fsp3) is 0.167. The topological polar surface area (TPSA) is 36.9 Å². The van der Waals surface area contributed by atoms with Gasteiger partial charge >= 0.3 is 0 Å². The lowest BCUT2D eigenvalue weighted by atomic mass is 9.92. The monoisotopic (exact) mass is 374 g/mol. The predicted octanol–water partition coefficient (Wildman–Crippen LogP) is 5.69.